The van der Waals surface area contributed by atoms with Crippen LogP contribution in [-0.2, 0) is 12.8 Å². The SMILES string of the molecule is CCCCCc1ccc(N2C=CC=NC2c2ccc(CCCCC)cc2F)cc1. The maximum Gasteiger partial charge on any atom is 0.153 e. The number of halogens is 1. The van der Waals surface area contributed by atoms with Crippen LogP contribution in [0.1, 0.15) is 75.2 Å². The summed E-state index contributed by atoms with van der Waals surface area (Å²) in [6.07, 6.45) is 14.5. The van der Waals surface area contributed by atoms with Gasteiger partial charge in [-0.05, 0) is 61.1 Å². The summed E-state index contributed by atoms with van der Waals surface area (Å²) in [5.74, 6) is -0.169. The number of allylic oxidation sites excluding steroid dienone is 1. The van der Waals surface area contributed by atoms with Gasteiger partial charge in [0, 0.05) is 23.7 Å². The normalized spacial score (nSPS) is 15.8. The second-order valence-electron chi connectivity index (χ2n) is 7.86. The highest BCUT2D eigenvalue weighted by atomic mass is 19.1. The minimum atomic E-state index is -0.365. The van der Waals surface area contributed by atoms with E-state index in [-0.39, 0.29) is 12.0 Å². The average Bonchev–Trinajstić information content (AvgIpc) is 2.75. The molecule has 3 rings (SSSR count). The van der Waals surface area contributed by atoms with Gasteiger partial charge >= 0.3 is 0 Å². The molecule has 2 aromatic carbocycles. The van der Waals surface area contributed by atoms with Gasteiger partial charge < -0.3 is 4.90 Å². The second kappa shape index (κ2) is 10.9. The lowest BCUT2D eigenvalue weighted by Crippen LogP contribution is -2.24. The molecule has 0 aliphatic carbocycles. The van der Waals surface area contributed by atoms with Gasteiger partial charge in [0.25, 0.3) is 0 Å². The molecule has 1 atom stereocenters. The number of rotatable bonds is 10. The Hall–Kier alpha value is -2.42. The highest BCUT2D eigenvalue weighted by Crippen LogP contribution is 2.32. The zero-order chi connectivity index (χ0) is 20.5. The first kappa shape index (κ1) is 21.3. The number of unbranched alkanes of at least 4 members (excludes halogenated alkanes) is 4. The molecule has 0 spiro atoms. The van der Waals surface area contributed by atoms with E-state index in [9.17, 15) is 4.39 Å². The van der Waals surface area contributed by atoms with Crippen molar-refractivity contribution in [2.45, 2.75) is 71.4 Å². The highest BCUT2D eigenvalue weighted by Gasteiger charge is 2.23. The number of aliphatic imine (C=N–C) groups is 1. The number of benzene rings is 2. The molecule has 2 aromatic rings. The summed E-state index contributed by atoms with van der Waals surface area (Å²) < 4.78 is 14.9. The van der Waals surface area contributed by atoms with E-state index in [2.05, 4.69) is 49.2 Å². The maximum absolute atomic E-state index is 14.9. The third kappa shape index (κ3) is 5.79. The van der Waals surface area contributed by atoms with E-state index in [4.69, 9.17) is 0 Å². The van der Waals surface area contributed by atoms with Crippen LogP contribution in [0, 0.1) is 5.82 Å². The Bertz CT molecular complexity index is 823. The number of hydrogen-bond acceptors (Lipinski definition) is 2. The lowest BCUT2D eigenvalue weighted by molar-refractivity contribution is 0.579. The number of nitrogens with zero attached hydrogens (tertiary/aromatic N) is 2. The van der Waals surface area contributed by atoms with Crippen molar-refractivity contribution in [1.29, 1.82) is 0 Å². The molecule has 0 radical (unpaired) electrons. The van der Waals surface area contributed by atoms with Gasteiger partial charge in [0.15, 0.2) is 6.17 Å². The minimum absolute atomic E-state index is 0.169. The first-order chi connectivity index (χ1) is 14.2. The third-order valence-electron chi connectivity index (χ3n) is 5.54. The van der Waals surface area contributed by atoms with Crippen LogP contribution in [0.15, 0.2) is 59.7 Å². The van der Waals surface area contributed by atoms with Crippen LogP contribution in [-0.4, -0.2) is 6.21 Å². The standard InChI is InChI=1S/C26H33FN2/c1-3-5-7-10-21-12-15-23(16-13-21)29-19-9-18-28-26(29)24-17-14-22(20-25(24)27)11-8-6-4-2/h9,12-20,26H,3-8,10-11H2,1-2H3. The zero-order valence-corrected chi connectivity index (χ0v) is 17.8. The average molecular weight is 393 g/mol. The molecule has 0 saturated carbocycles. The molecule has 3 heteroatoms. The molecule has 0 amide bonds. The monoisotopic (exact) mass is 392 g/mol. The van der Waals surface area contributed by atoms with Crippen LogP contribution in [0.3, 0.4) is 0 Å². The van der Waals surface area contributed by atoms with Crippen molar-refractivity contribution in [3.05, 3.63) is 77.2 Å². The second-order valence-corrected chi connectivity index (χ2v) is 7.86. The van der Waals surface area contributed by atoms with E-state index >= 15 is 0 Å². The fourth-order valence-corrected chi connectivity index (χ4v) is 3.80. The highest BCUT2D eigenvalue weighted by molar-refractivity contribution is 5.75. The van der Waals surface area contributed by atoms with E-state index in [0.29, 0.717) is 5.56 Å². The van der Waals surface area contributed by atoms with Gasteiger partial charge in [-0.1, -0.05) is 63.8 Å². The van der Waals surface area contributed by atoms with Crippen LogP contribution in [0.2, 0.25) is 0 Å². The lowest BCUT2D eigenvalue weighted by atomic mass is 10.0. The largest absolute Gasteiger partial charge is 0.321 e. The van der Waals surface area contributed by atoms with E-state index < -0.39 is 0 Å². The molecule has 1 aliphatic heterocycles. The summed E-state index contributed by atoms with van der Waals surface area (Å²) in [4.78, 5) is 6.63. The van der Waals surface area contributed by atoms with Gasteiger partial charge in [-0.3, -0.25) is 4.99 Å². The Kier molecular flexibility index (Phi) is 8.03. The first-order valence-corrected chi connectivity index (χ1v) is 11.1. The van der Waals surface area contributed by atoms with E-state index in [0.717, 1.165) is 30.5 Å². The Morgan fingerprint density at radius 1 is 0.862 bits per heavy atom. The van der Waals surface area contributed by atoms with Crippen molar-refractivity contribution in [3.8, 4) is 0 Å². The van der Waals surface area contributed by atoms with E-state index in [1.54, 1.807) is 12.3 Å². The summed E-state index contributed by atoms with van der Waals surface area (Å²) in [5.41, 5.74) is 4.08. The minimum Gasteiger partial charge on any atom is -0.321 e. The molecule has 0 saturated heterocycles. The summed E-state index contributed by atoms with van der Waals surface area (Å²) in [6, 6.07) is 14.3. The van der Waals surface area contributed by atoms with Gasteiger partial charge in [-0.15, -0.1) is 0 Å². The molecule has 1 aliphatic rings. The predicted octanol–water partition coefficient (Wildman–Crippen LogP) is 7.39. The Labute approximate surface area is 175 Å². The number of hydrogen-bond donors (Lipinski definition) is 0. The molecular formula is C26H33FN2. The predicted molar refractivity (Wildman–Crippen MR) is 122 cm³/mol. The van der Waals surface area contributed by atoms with Crippen LogP contribution in [0.5, 0.6) is 0 Å². The topological polar surface area (TPSA) is 15.6 Å². The fourth-order valence-electron chi connectivity index (χ4n) is 3.80. The van der Waals surface area contributed by atoms with Crippen LogP contribution >= 0.6 is 0 Å². The Balaban J connectivity index is 1.75. The molecular weight excluding hydrogens is 359 g/mol. The van der Waals surface area contributed by atoms with Crippen molar-refractivity contribution in [2.24, 2.45) is 4.99 Å². The summed E-state index contributed by atoms with van der Waals surface area (Å²) in [7, 11) is 0. The summed E-state index contributed by atoms with van der Waals surface area (Å²) >= 11 is 0. The van der Waals surface area contributed by atoms with Crippen molar-refractivity contribution in [1.82, 2.24) is 0 Å². The molecule has 0 aromatic heterocycles. The van der Waals surface area contributed by atoms with Crippen LogP contribution < -0.4 is 4.90 Å². The number of anilines is 1. The van der Waals surface area contributed by atoms with Crippen LogP contribution in [0.4, 0.5) is 10.1 Å². The molecule has 154 valence electrons. The van der Waals surface area contributed by atoms with Gasteiger partial charge in [-0.25, -0.2) is 4.39 Å². The Morgan fingerprint density at radius 3 is 2.17 bits per heavy atom. The molecule has 0 bridgehead atoms. The van der Waals surface area contributed by atoms with Gasteiger partial charge in [0.2, 0.25) is 0 Å². The van der Waals surface area contributed by atoms with Gasteiger partial charge in [-0.2, -0.15) is 0 Å². The fraction of sp³-hybridized carbons (Fsp3) is 0.423. The van der Waals surface area contributed by atoms with Crippen molar-refractivity contribution in [2.75, 3.05) is 4.90 Å². The van der Waals surface area contributed by atoms with Crippen molar-refractivity contribution < 1.29 is 4.39 Å². The zero-order valence-electron chi connectivity index (χ0n) is 17.8. The lowest BCUT2D eigenvalue weighted by Gasteiger charge is -2.30. The quantitative estimate of drug-likeness (QED) is 0.385. The molecule has 29 heavy (non-hydrogen) atoms. The van der Waals surface area contributed by atoms with Crippen LogP contribution in [0.25, 0.3) is 0 Å². The van der Waals surface area contributed by atoms with Gasteiger partial charge in [0.1, 0.15) is 5.82 Å². The molecule has 0 N–H and O–H groups in total. The molecule has 0 fully saturated rings. The van der Waals surface area contributed by atoms with Crippen molar-refractivity contribution in [3.63, 3.8) is 0 Å². The molecule has 1 unspecified atom stereocenters. The smallest absolute Gasteiger partial charge is 0.153 e. The maximum atomic E-state index is 14.9. The van der Waals surface area contributed by atoms with Gasteiger partial charge in [0.05, 0.1) is 0 Å². The summed E-state index contributed by atoms with van der Waals surface area (Å²) in [5, 5.41) is 0. The molecule has 2 nitrogen and oxygen atoms in total. The molecule has 1 heterocycles. The van der Waals surface area contributed by atoms with Crippen molar-refractivity contribution >= 4 is 11.9 Å². The number of aryl methyl sites for hydroxylation is 2. The first-order valence-electron chi connectivity index (χ1n) is 11.1. The third-order valence-corrected chi connectivity index (χ3v) is 5.54. The Morgan fingerprint density at radius 2 is 1.52 bits per heavy atom. The summed E-state index contributed by atoms with van der Waals surface area (Å²) in [6.45, 7) is 4.41. The van der Waals surface area contributed by atoms with E-state index in [1.807, 2.05) is 23.2 Å². The van der Waals surface area contributed by atoms with E-state index in [1.165, 1.54) is 37.7 Å².